The van der Waals surface area contributed by atoms with Crippen LogP contribution < -0.4 is 10.9 Å². The van der Waals surface area contributed by atoms with Gasteiger partial charge in [-0.3, -0.25) is 20.4 Å². The average molecular weight is 408 g/mol. The van der Waals surface area contributed by atoms with Gasteiger partial charge in [-0.15, -0.1) is 11.3 Å². The third kappa shape index (κ3) is 4.02. The van der Waals surface area contributed by atoms with Crippen LogP contribution >= 0.6 is 11.3 Å². The number of thiazole rings is 1. The molecule has 146 valence electrons. The molecule has 2 aromatic carbocycles. The summed E-state index contributed by atoms with van der Waals surface area (Å²) in [7, 11) is 0. The minimum absolute atomic E-state index is 0.132. The molecular formula is C21H17FN4O2S. The molecule has 4 rings (SSSR count). The summed E-state index contributed by atoms with van der Waals surface area (Å²) in [6.45, 7) is 1.71. The van der Waals surface area contributed by atoms with Crippen molar-refractivity contribution in [3.8, 4) is 10.6 Å². The predicted molar refractivity (Wildman–Crippen MR) is 110 cm³/mol. The molecule has 0 aliphatic carbocycles. The van der Waals surface area contributed by atoms with Crippen LogP contribution in [-0.2, 0) is 11.2 Å². The van der Waals surface area contributed by atoms with Crippen molar-refractivity contribution in [2.24, 2.45) is 0 Å². The second-order valence-corrected chi connectivity index (χ2v) is 7.48. The first-order valence-corrected chi connectivity index (χ1v) is 9.70. The second kappa shape index (κ2) is 7.84. The standard InChI is InChI=1S/C21H17FN4O2S/c1-12-19(29-21(24-12)13-6-8-15(22)9-7-13)20(28)26-25-18(27)10-14-11-23-17-5-3-2-4-16(14)17/h2-9,11,23H,10H2,1H3,(H,25,27)(H,26,28). The minimum Gasteiger partial charge on any atom is -0.361 e. The molecule has 6 nitrogen and oxygen atoms in total. The van der Waals surface area contributed by atoms with Crippen molar-refractivity contribution in [1.82, 2.24) is 20.8 Å². The van der Waals surface area contributed by atoms with Gasteiger partial charge in [-0.25, -0.2) is 9.37 Å². The highest BCUT2D eigenvalue weighted by atomic mass is 32.1. The number of para-hydroxylation sites is 1. The zero-order valence-corrected chi connectivity index (χ0v) is 16.3. The van der Waals surface area contributed by atoms with E-state index in [-0.39, 0.29) is 18.1 Å². The van der Waals surface area contributed by atoms with E-state index in [1.165, 1.54) is 23.5 Å². The molecule has 2 heterocycles. The molecule has 3 N–H and O–H groups in total. The molecule has 4 aromatic rings. The van der Waals surface area contributed by atoms with Crippen molar-refractivity contribution in [2.75, 3.05) is 0 Å². The first-order chi connectivity index (χ1) is 14.0. The lowest BCUT2D eigenvalue weighted by molar-refractivity contribution is -0.121. The van der Waals surface area contributed by atoms with Crippen LogP contribution in [0.1, 0.15) is 20.9 Å². The maximum Gasteiger partial charge on any atom is 0.281 e. The van der Waals surface area contributed by atoms with Crippen molar-refractivity contribution in [2.45, 2.75) is 13.3 Å². The van der Waals surface area contributed by atoms with Crippen LogP contribution in [0.2, 0.25) is 0 Å². The Morgan fingerprint density at radius 1 is 1.10 bits per heavy atom. The number of aromatic nitrogens is 2. The molecule has 0 saturated carbocycles. The average Bonchev–Trinajstić information content (AvgIpc) is 3.31. The lowest BCUT2D eigenvalue weighted by Crippen LogP contribution is -2.42. The van der Waals surface area contributed by atoms with Gasteiger partial charge in [0, 0.05) is 22.7 Å². The molecule has 0 fully saturated rings. The van der Waals surface area contributed by atoms with Gasteiger partial charge in [0.05, 0.1) is 12.1 Å². The number of hydrogen-bond donors (Lipinski definition) is 3. The van der Waals surface area contributed by atoms with Gasteiger partial charge < -0.3 is 4.98 Å². The van der Waals surface area contributed by atoms with E-state index in [1.807, 2.05) is 24.3 Å². The topological polar surface area (TPSA) is 86.9 Å². The number of carbonyl (C=O) groups is 2. The zero-order valence-electron chi connectivity index (χ0n) is 15.5. The quantitative estimate of drug-likeness (QED) is 0.450. The Balaban J connectivity index is 1.40. The van der Waals surface area contributed by atoms with Crippen LogP contribution in [0.25, 0.3) is 21.5 Å². The van der Waals surface area contributed by atoms with Gasteiger partial charge in [-0.2, -0.15) is 0 Å². The summed E-state index contributed by atoms with van der Waals surface area (Å²) in [6, 6.07) is 13.6. The van der Waals surface area contributed by atoms with Crippen LogP contribution in [-0.4, -0.2) is 21.8 Å². The van der Waals surface area contributed by atoms with Gasteiger partial charge in [0.15, 0.2) is 0 Å². The van der Waals surface area contributed by atoms with Crippen molar-refractivity contribution in [3.63, 3.8) is 0 Å². The minimum atomic E-state index is -0.444. The molecular weight excluding hydrogens is 391 g/mol. The highest BCUT2D eigenvalue weighted by Crippen LogP contribution is 2.28. The normalized spacial score (nSPS) is 10.8. The number of fused-ring (bicyclic) bond motifs is 1. The smallest absolute Gasteiger partial charge is 0.281 e. The van der Waals surface area contributed by atoms with Gasteiger partial charge in [-0.05, 0) is 42.8 Å². The van der Waals surface area contributed by atoms with Crippen molar-refractivity contribution in [3.05, 3.63) is 76.7 Å². The highest BCUT2D eigenvalue weighted by Gasteiger charge is 2.17. The molecule has 29 heavy (non-hydrogen) atoms. The summed E-state index contributed by atoms with van der Waals surface area (Å²) >= 11 is 1.18. The molecule has 0 aliphatic heterocycles. The first-order valence-electron chi connectivity index (χ1n) is 8.89. The predicted octanol–water partition coefficient (Wildman–Crippen LogP) is 3.74. The molecule has 0 spiro atoms. The van der Waals surface area contributed by atoms with Crippen LogP contribution in [0.3, 0.4) is 0 Å². The van der Waals surface area contributed by atoms with Gasteiger partial charge in [0.25, 0.3) is 5.91 Å². The Hall–Kier alpha value is -3.52. The molecule has 2 aromatic heterocycles. The number of amides is 2. The fraction of sp³-hybridized carbons (Fsp3) is 0.0952. The second-order valence-electron chi connectivity index (χ2n) is 6.48. The SMILES string of the molecule is Cc1nc(-c2ccc(F)cc2)sc1C(=O)NNC(=O)Cc1c[nH]c2ccccc12. The number of hydrazine groups is 1. The summed E-state index contributed by atoms with van der Waals surface area (Å²) in [6.07, 6.45) is 1.92. The Morgan fingerprint density at radius 2 is 1.86 bits per heavy atom. The summed E-state index contributed by atoms with van der Waals surface area (Å²) in [5, 5.41) is 1.58. The van der Waals surface area contributed by atoms with E-state index in [2.05, 4.69) is 20.8 Å². The number of aromatic amines is 1. The van der Waals surface area contributed by atoms with Crippen molar-refractivity contribution in [1.29, 1.82) is 0 Å². The number of H-pyrrole nitrogens is 1. The first kappa shape index (κ1) is 18.8. The molecule has 0 bridgehead atoms. The van der Waals surface area contributed by atoms with Crippen LogP contribution in [0.15, 0.2) is 54.7 Å². The molecule has 0 radical (unpaired) electrons. The van der Waals surface area contributed by atoms with Crippen molar-refractivity contribution >= 4 is 34.1 Å². The molecule has 0 aliphatic rings. The van der Waals surface area contributed by atoms with E-state index in [1.54, 1.807) is 25.3 Å². The fourth-order valence-corrected chi connectivity index (χ4v) is 3.97. The summed E-state index contributed by atoms with van der Waals surface area (Å²) in [4.78, 5) is 32.6. The van der Waals surface area contributed by atoms with E-state index < -0.39 is 5.91 Å². The Labute approximate surface area is 169 Å². The number of hydrogen-bond acceptors (Lipinski definition) is 4. The van der Waals surface area contributed by atoms with Gasteiger partial charge in [0.1, 0.15) is 15.7 Å². The van der Waals surface area contributed by atoms with E-state index in [0.717, 1.165) is 22.0 Å². The van der Waals surface area contributed by atoms with Gasteiger partial charge in [-0.1, -0.05) is 18.2 Å². The number of benzene rings is 2. The monoisotopic (exact) mass is 408 g/mol. The maximum absolute atomic E-state index is 13.1. The van der Waals surface area contributed by atoms with E-state index in [0.29, 0.717) is 15.6 Å². The number of carbonyl (C=O) groups excluding carboxylic acids is 2. The highest BCUT2D eigenvalue weighted by molar-refractivity contribution is 7.17. The Kier molecular flexibility index (Phi) is 5.09. The zero-order chi connectivity index (χ0) is 20.4. The lowest BCUT2D eigenvalue weighted by atomic mass is 10.1. The number of rotatable bonds is 4. The summed E-state index contributed by atoms with van der Waals surface area (Å²) in [5.41, 5.74) is 7.94. The molecule has 0 atom stereocenters. The fourth-order valence-electron chi connectivity index (χ4n) is 3.00. The maximum atomic E-state index is 13.1. The van der Waals surface area contributed by atoms with Gasteiger partial charge in [0.2, 0.25) is 5.91 Å². The Bertz CT molecular complexity index is 1200. The lowest BCUT2D eigenvalue weighted by Gasteiger charge is -2.06. The van der Waals surface area contributed by atoms with E-state index >= 15 is 0 Å². The summed E-state index contributed by atoms with van der Waals surface area (Å²) < 4.78 is 13.1. The van der Waals surface area contributed by atoms with Gasteiger partial charge >= 0.3 is 0 Å². The third-order valence-electron chi connectivity index (χ3n) is 4.44. The number of aryl methyl sites for hydroxylation is 1. The van der Waals surface area contributed by atoms with Crippen molar-refractivity contribution < 1.29 is 14.0 Å². The van der Waals surface area contributed by atoms with E-state index in [4.69, 9.17) is 0 Å². The molecule has 0 unspecified atom stereocenters. The number of nitrogens with zero attached hydrogens (tertiary/aromatic N) is 1. The summed E-state index contributed by atoms with van der Waals surface area (Å²) in [5.74, 6) is -1.11. The largest absolute Gasteiger partial charge is 0.361 e. The van der Waals surface area contributed by atoms with E-state index in [9.17, 15) is 14.0 Å². The van der Waals surface area contributed by atoms with Crippen LogP contribution in [0.5, 0.6) is 0 Å². The van der Waals surface area contributed by atoms with Crippen LogP contribution in [0, 0.1) is 12.7 Å². The van der Waals surface area contributed by atoms with Crippen LogP contribution in [0.4, 0.5) is 4.39 Å². The molecule has 8 heteroatoms. The molecule has 0 saturated heterocycles. The Morgan fingerprint density at radius 3 is 2.66 bits per heavy atom. The number of halogens is 1. The number of nitrogens with one attached hydrogen (secondary N) is 3. The third-order valence-corrected chi connectivity index (χ3v) is 5.64. The molecule has 2 amide bonds.